The van der Waals surface area contributed by atoms with Crippen LogP contribution in [0.25, 0.3) is 22.3 Å². The Bertz CT molecular complexity index is 1020. The summed E-state index contributed by atoms with van der Waals surface area (Å²) in [6, 6.07) is 9.27. The van der Waals surface area contributed by atoms with E-state index in [1.165, 1.54) is 6.42 Å². The number of aryl methyl sites for hydroxylation is 1. The molecule has 1 atom stereocenters. The molecule has 4 rings (SSSR count). The molecule has 7 heteroatoms. The minimum Gasteiger partial charge on any atom is -0.342 e. The molecule has 0 radical (unpaired) electrons. The lowest BCUT2D eigenvalue weighted by Gasteiger charge is -2.30. The summed E-state index contributed by atoms with van der Waals surface area (Å²) in [6.07, 6.45) is 2.95. The Morgan fingerprint density at radius 3 is 3.07 bits per heavy atom. The first kappa shape index (κ1) is 17.5. The second-order valence-corrected chi connectivity index (χ2v) is 7.20. The lowest BCUT2D eigenvalue weighted by Crippen LogP contribution is -2.39. The van der Waals surface area contributed by atoms with Gasteiger partial charge in [-0.25, -0.2) is 0 Å². The Balaban J connectivity index is 1.47. The molecule has 0 unspecified atom stereocenters. The Labute approximate surface area is 156 Å². The summed E-state index contributed by atoms with van der Waals surface area (Å²) in [7, 11) is 0. The van der Waals surface area contributed by atoms with Crippen LogP contribution in [0.4, 0.5) is 0 Å². The molecule has 1 aliphatic rings. The SMILES string of the molecule is C[C@@H]1CCCN(C(=O)CCc2nc(-c3cc4ccccc4[nH]c3=O)no2)C1. The van der Waals surface area contributed by atoms with Gasteiger partial charge in [0.25, 0.3) is 5.56 Å². The predicted molar refractivity (Wildman–Crippen MR) is 101 cm³/mol. The maximum Gasteiger partial charge on any atom is 0.259 e. The summed E-state index contributed by atoms with van der Waals surface area (Å²) in [5, 5.41) is 4.82. The van der Waals surface area contributed by atoms with Crippen molar-refractivity contribution in [3.05, 3.63) is 46.6 Å². The van der Waals surface area contributed by atoms with Crippen LogP contribution in [0.15, 0.2) is 39.6 Å². The van der Waals surface area contributed by atoms with Crippen molar-refractivity contribution >= 4 is 16.8 Å². The van der Waals surface area contributed by atoms with Crippen LogP contribution in [0.2, 0.25) is 0 Å². The standard InChI is InChI=1S/C20H22N4O3/c1-13-5-4-10-24(12-13)18(25)9-8-17-22-19(23-27-17)15-11-14-6-2-3-7-16(14)21-20(15)26/h2-3,6-7,11,13H,4-5,8-10,12H2,1H3,(H,21,26)/t13-/m1/s1. The van der Waals surface area contributed by atoms with E-state index in [2.05, 4.69) is 22.0 Å². The van der Waals surface area contributed by atoms with E-state index in [0.29, 0.717) is 30.2 Å². The number of fused-ring (bicyclic) bond motifs is 1. The van der Waals surface area contributed by atoms with E-state index >= 15 is 0 Å². The first-order valence-electron chi connectivity index (χ1n) is 9.33. The quantitative estimate of drug-likeness (QED) is 0.766. The third-order valence-electron chi connectivity index (χ3n) is 5.02. The van der Waals surface area contributed by atoms with Gasteiger partial charge in [0.2, 0.25) is 17.6 Å². The topological polar surface area (TPSA) is 92.1 Å². The number of rotatable bonds is 4. The number of pyridine rings is 1. The molecule has 0 saturated carbocycles. The molecule has 1 amide bonds. The number of carbonyl (C=O) groups is 1. The number of H-pyrrole nitrogens is 1. The van der Waals surface area contributed by atoms with Crippen LogP contribution in [0, 0.1) is 5.92 Å². The van der Waals surface area contributed by atoms with Gasteiger partial charge in [0.1, 0.15) is 0 Å². The first-order valence-corrected chi connectivity index (χ1v) is 9.33. The number of nitrogens with zero attached hydrogens (tertiary/aromatic N) is 3. The van der Waals surface area contributed by atoms with Gasteiger partial charge in [0, 0.05) is 31.4 Å². The number of amides is 1. The van der Waals surface area contributed by atoms with Crippen LogP contribution in [-0.2, 0) is 11.2 Å². The second-order valence-electron chi connectivity index (χ2n) is 7.20. The zero-order valence-electron chi connectivity index (χ0n) is 15.3. The summed E-state index contributed by atoms with van der Waals surface area (Å²) in [6.45, 7) is 3.82. The van der Waals surface area contributed by atoms with Crippen molar-refractivity contribution in [3.63, 3.8) is 0 Å². The number of aromatic nitrogens is 3. The van der Waals surface area contributed by atoms with Gasteiger partial charge in [0.15, 0.2) is 0 Å². The first-order chi connectivity index (χ1) is 13.1. The average Bonchev–Trinajstić information content (AvgIpc) is 3.14. The summed E-state index contributed by atoms with van der Waals surface area (Å²) < 4.78 is 5.26. The van der Waals surface area contributed by atoms with Gasteiger partial charge in [0.05, 0.1) is 5.56 Å². The molecule has 140 valence electrons. The highest BCUT2D eigenvalue weighted by Gasteiger charge is 2.21. The zero-order chi connectivity index (χ0) is 18.8. The monoisotopic (exact) mass is 366 g/mol. The summed E-state index contributed by atoms with van der Waals surface area (Å²) >= 11 is 0. The normalized spacial score (nSPS) is 17.4. The fraction of sp³-hybridized carbons (Fsp3) is 0.400. The minimum absolute atomic E-state index is 0.116. The van der Waals surface area contributed by atoms with Crippen molar-refractivity contribution < 1.29 is 9.32 Å². The highest BCUT2D eigenvalue weighted by molar-refractivity contribution is 5.82. The number of carbonyl (C=O) groups excluding carboxylic acids is 1. The van der Waals surface area contributed by atoms with Gasteiger partial charge in [-0.2, -0.15) is 4.98 Å². The van der Waals surface area contributed by atoms with Crippen LogP contribution in [0.3, 0.4) is 0 Å². The molecule has 27 heavy (non-hydrogen) atoms. The maximum atomic E-state index is 12.4. The number of hydrogen-bond acceptors (Lipinski definition) is 5. The number of para-hydroxylation sites is 1. The van der Waals surface area contributed by atoms with Crippen LogP contribution < -0.4 is 5.56 Å². The van der Waals surface area contributed by atoms with Gasteiger partial charge < -0.3 is 14.4 Å². The molecule has 0 spiro atoms. The van der Waals surface area contributed by atoms with Crippen molar-refractivity contribution in [2.75, 3.05) is 13.1 Å². The highest BCUT2D eigenvalue weighted by atomic mass is 16.5. The lowest BCUT2D eigenvalue weighted by atomic mass is 10.00. The van der Waals surface area contributed by atoms with E-state index < -0.39 is 0 Å². The Kier molecular flexibility index (Phi) is 4.75. The molecular formula is C20H22N4O3. The van der Waals surface area contributed by atoms with E-state index in [1.54, 1.807) is 6.07 Å². The van der Waals surface area contributed by atoms with Crippen LogP contribution >= 0.6 is 0 Å². The molecular weight excluding hydrogens is 344 g/mol. The summed E-state index contributed by atoms with van der Waals surface area (Å²) in [4.78, 5) is 33.7. The summed E-state index contributed by atoms with van der Waals surface area (Å²) in [5.74, 6) is 1.29. The fourth-order valence-electron chi connectivity index (χ4n) is 3.57. The number of aromatic amines is 1. The van der Waals surface area contributed by atoms with Gasteiger partial charge in [-0.15, -0.1) is 0 Å². The smallest absolute Gasteiger partial charge is 0.259 e. The Hall–Kier alpha value is -2.96. The third kappa shape index (κ3) is 3.77. The number of likely N-dealkylation sites (tertiary alicyclic amines) is 1. The Morgan fingerprint density at radius 2 is 2.22 bits per heavy atom. The van der Waals surface area contributed by atoms with Crippen molar-refractivity contribution in [2.24, 2.45) is 5.92 Å². The van der Waals surface area contributed by atoms with E-state index in [0.717, 1.165) is 30.4 Å². The van der Waals surface area contributed by atoms with Crippen LogP contribution in [0.1, 0.15) is 32.1 Å². The lowest BCUT2D eigenvalue weighted by molar-refractivity contribution is -0.132. The van der Waals surface area contributed by atoms with E-state index in [1.807, 2.05) is 29.2 Å². The fourth-order valence-corrected chi connectivity index (χ4v) is 3.57. The molecule has 0 bridgehead atoms. The predicted octanol–water partition coefficient (Wildman–Crippen LogP) is 2.77. The van der Waals surface area contributed by atoms with Crippen molar-refractivity contribution in [3.8, 4) is 11.4 Å². The van der Waals surface area contributed by atoms with Crippen molar-refractivity contribution in [1.29, 1.82) is 0 Å². The van der Waals surface area contributed by atoms with Crippen molar-refractivity contribution in [1.82, 2.24) is 20.0 Å². The molecule has 3 aromatic rings. The second kappa shape index (κ2) is 7.34. The number of benzene rings is 1. The van der Waals surface area contributed by atoms with Gasteiger partial charge >= 0.3 is 0 Å². The van der Waals surface area contributed by atoms with Crippen LogP contribution in [-0.4, -0.2) is 39.0 Å². The Morgan fingerprint density at radius 1 is 1.37 bits per heavy atom. The average molecular weight is 366 g/mol. The molecule has 0 aliphatic carbocycles. The van der Waals surface area contributed by atoms with Gasteiger partial charge in [-0.1, -0.05) is 30.3 Å². The number of piperidine rings is 1. The van der Waals surface area contributed by atoms with Crippen LogP contribution in [0.5, 0.6) is 0 Å². The molecule has 1 fully saturated rings. The molecule has 2 aromatic heterocycles. The number of nitrogens with one attached hydrogen (secondary N) is 1. The molecule has 7 nitrogen and oxygen atoms in total. The number of hydrogen-bond donors (Lipinski definition) is 1. The van der Waals surface area contributed by atoms with E-state index in [-0.39, 0.29) is 17.3 Å². The largest absolute Gasteiger partial charge is 0.342 e. The summed E-state index contributed by atoms with van der Waals surface area (Å²) in [5.41, 5.74) is 0.857. The van der Waals surface area contributed by atoms with Crippen molar-refractivity contribution in [2.45, 2.75) is 32.6 Å². The molecule has 1 aromatic carbocycles. The van der Waals surface area contributed by atoms with E-state index in [9.17, 15) is 9.59 Å². The van der Waals surface area contributed by atoms with E-state index in [4.69, 9.17) is 4.52 Å². The zero-order valence-corrected chi connectivity index (χ0v) is 15.3. The highest BCUT2D eigenvalue weighted by Crippen LogP contribution is 2.19. The van der Waals surface area contributed by atoms with Gasteiger partial charge in [-0.05, 0) is 36.3 Å². The third-order valence-corrected chi connectivity index (χ3v) is 5.02. The molecule has 1 aliphatic heterocycles. The molecule has 3 heterocycles. The maximum absolute atomic E-state index is 12.4. The molecule has 1 saturated heterocycles. The molecule has 1 N–H and O–H groups in total. The van der Waals surface area contributed by atoms with Gasteiger partial charge in [-0.3, -0.25) is 9.59 Å². The minimum atomic E-state index is -0.264.